The summed E-state index contributed by atoms with van der Waals surface area (Å²) in [5.74, 6) is 2.36. The van der Waals surface area contributed by atoms with Gasteiger partial charge in [-0.3, -0.25) is 0 Å². The number of ether oxygens (including phenoxy) is 2. The van der Waals surface area contributed by atoms with Gasteiger partial charge in [-0.2, -0.15) is 0 Å². The lowest BCUT2D eigenvalue weighted by molar-refractivity contribution is 0.265. The molecular weight excluding hydrogens is 330 g/mol. The van der Waals surface area contributed by atoms with Crippen molar-refractivity contribution >= 4 is 15.9 Å². The number of benzene rings is 1. The zero-order valence-corrected chi connectivity index (χ0v) is 15.3. The van der Waals surface area contributed by atoms with Crippen molar-refractivity contribution in [2.24, 2.45) is 5.92 Å². The molecule has 0 saturated carbocycles. The third-order valence-electron chi connectivity index (χ3n) is 3.12. The van der Waals surface area contributed by atoms with Crippen molar-refractivity contribution in [3.8, 4) is 11.5 Å². The van der Waals surface area contributed by atoms with Crippen LogP contribution in [-0.2, 0) is 6.54 Å². The van der Waals surface area contributed by atoms with Crippen molar-refractivity contribution in [1.29, 1.82) is 0 Å². The van der Waals surface area contributed by atoms with E-state index in [0.717, 1.165) is 42.1 Å². The minimum Gasteiger partial charge on any atom is -0.490 e. The van der Waals surface area contributed by atoms with Crippen LogP contribution in [0, 0.1) is 5.92 Å². The van der Waals surface area contributed by atoms with Gasteiger partial charge in [-0.1, -0.05) is 20.8 Å². The lowest BCUT2D eigenvalue weighted by Crippen LogP contribution is -2.12. The molecule has 21 heavy (non-hydrogen) atoms. The number of nitrogens with one attached hydrogen (secondary N) is 1. The normalized spacial score (nSPS) is 11.0. The van der Waals surface area contributed by atoms with E-state index >= 15 is 0 Å². The summed E-state index contributed by atoms with van der Waals surface area (Å²) in [4.78, 5) is 0. The standard InChI is InChI=1S/C17H28BrNO2/c1-5-19-12-14-10-15(18)17(16(11-14)20-6-2)21-9-7-8-13(3)4/h10-11,13,19H,5-9,12H2,1-4H3. The Kier molecular flexibility index (Phi) is 8.77. The molecule has 0 fully saturated rings. The topological polar surface area (TPSA) is 30.5 Å². The molecule has 1 aromatic rings. The van der Waals surface area contributed by atoms with Crippen LogP contribution in [0.25, 0.3) is 0 Å². The van der Waals surface area contributed by atoms with Crippen LogP contribution in [0.5, 0.6) is 11.5 Å². The highest BCUT2D eigenvalue weighted by molar-refractivity contribution is 9.10. The summed E-state index contributed by atoms with van der Waals surface area (Å²) in [5, 5.41) is 3.33. The molecule has 0 aliphatic carbocycles. The fourth-order valence-corrected chi connectivity index (χ4v) is 2.67. The van der Waals surface area contributed by atoms with Gasteiger partial charge in [0.1, 0.15) is 0 Å². The van der Waals surface area contributed by atoms with Gasteiger partial charge in [0.15, 0.2) is 11.5 Å². The Balaban J connectivity index is 2.75. The minimum absolute atomic E-state index is 0.638. The summed E-state index contributed by atoms with van der Waals surface area (Å²) >= 11 is 3.61. The molecule has 0 bridgehead atoms. The molecule has 0 unspecified atom stereocenters. The molecule has 0 amide bonds. The molecule has 0 heterocycles. The maximum atomic E-state index is 5.94. The first-order valence-corrected chi connectivity index (χ1v) is 8.66. The Labute approximate surface area is 137 Å². The van der Waals surface area contributed by atoms with E-state index < -0.39 is 0 Å². The van der Waals surface area contributed by atoms with Gasteiger partial charge in [-0.25, -0.2) is 0 Å². The van der Waals surface area contributed by atoms with Crippen LogP contribution < -0.4 is 14.8 Å². The number of hydrogen-bond donors (Lipinski definition) is 1. The van der Waals surface area contributed by atoms with E-state index in [0.29, 0.717) is 12.5 Å². The van der Waals surface area contributed by atoms with Crippen LogP contribution in [0.1, 0.15) is 46.1 Å². The molecule has 120 valence electrons. The summed E-state index contributed by atoms with van der Waals surface area (Å²) in [7, 11) is 0. The smallest absolute Gasteiger partial charge is 0.175 e. The van der Waals surface area contributed by atoms with E-state index in [1.165, 1.54) is 12.0 Å². The molecule has 0 radical (unpaired) electrons. The molecule has 0 atom stereocenters. The van der Waals surface area contributed by atoms with Gasteiger partial charge in [0.2, 0.25) is 0 Å². The van der Waals surface area contributed by atoms with E-state index in [1.807, 2.05) is 6.92 Å². The van der Waals surface area contributed by atoms with Crippen LogP contribution in [0.2, 0.25) is 0 Å². The van der Waals surface area contributed by atoms with Crippen molar-refractivity contribution in [2.75, 3.05) is 19.8 Å². The molecule has 0 saturated heterocycles. The number of rotatable bonds is 10. The lowest BCUT2D eigenvalue weighted by atomic mass is 10.1. The van der Waals surface area contributed by atoms with Gasteiger partial charge in [0, 0.05) is 6.54 Å². The third kappa shape index (κ3) is 6.70. The van der Waals surface area contributed by atoms with Gasteiger partial charge in [0.25, 0.3) is 0 Å². The van der Waals surface area contributed by atoms with E-state index in [1.54, 1.807) is 0 Å². The van der Waals surface area contributed by atoms with Crippen LogP contribution in [0.3, 0.4) is 0 Å². The predicted octanol–water partition coefficient (Wildman–Crippen LogP) is 4.77. The molecule has 3 nitrogen and oxygen atoms in total. The maximum Gasteiger partial charge on any atom is 0.175 e. The number of halogens is 1. The summed E-state index contributed by atoms with van der Waals surface area (Å²) in [6, 6.07) is 4.16. The molecule has 4 heteroatoms. The van der Waals surface area contributed by atoms with E-state index in [9.17, 15) is 0 Å². The summed E-state index contributed by atoms with van der Waals surface area (Å²) in [5.41, 5.74) is 1.20. The second-order valence-corrected chi connectivity index (χ2v) is 6.36. The van der Waals surface area contributed by atoms with Gasteiger partial charge in [-0.05, 0) is 65.9 Å². The monoisotopic (exact) mass is 357 g/mol. The van der Waals surface area contributed by atoms with Crippen LogP contribution >= 0.6 is 15.9 Å². The Hall–Kier alpha value is -0.740. The van der Waals surface area contributed by atoms with E-state index in [4.69, 9.17) is 9.47 Å². The van der Waals surface area contributed by atoms with Crippen LogP contribution in [-0.4, -0.2) is 19.8 Å². The first-order chi connectivity index (χ1) is 10.1. The molecule has 1 aromatic carbocycles. The molecule has 0 spiro atoms. The minimum atomic E-state index is 0.638. The summed E-state index contributed by atoms with van der Waals surface area (Å²) in [6.07, 6.45) is 2.24. The molecular formula is C17H28BrNO2. The highest BCUT2D eigenvalue weighted by Crippen LogP contribution is 2.37. The third-order valence-corrected chi connectivity index (χ3v) is 3.71. The quantitative estimate of drug-likeness (QED) is 0.611. The van der Waals surface area contributed by atoms with Crippen molar-refractivity contribution in [3.63, 3.8) is 0 Å². The van der Waals surface area contributed by atoms with E-state index in [-0.39, 0.29) is 0 Å². The Morgan fingerprint density at radius 3 is 2.57 bits per heavy atom. The van der Waals surface area contributed by atoms with Crippen LogP contribution in [0.15, 0.2) is 16.6 Å². The summed E-state index contributed by atoms with van der Waals surface area (Å²) in [6.45, 7) is 11.7. The Bertz CT molecular complexity index is 421. The van der Waals surface area contributed by atoms with Crippen molar-refractivity contribution in [2.45, 2.75) is 47.1 Å². The SMILES string of the molecule is CCNCc1cc(Br)c(OCCCC(C)C)c(OCC)c1. The molecule has 0 aromatic heterocycles. The second-order valence-electron chi connectivity index (χ2n) is 5.50. The van der Waals surface area contributed by atoms with E-state index in [2.05, 4.69) is 54.2 Å². The first kappa shape index (κ1) is 18.3. The first-order valence-electron chi connectivity index (χ1n) is 7.87. The Morgan fingerprint density at radius 1 is 1.19 bits per heavy atom. The van der Waals surface area contributed by atoms with Crippen molar-refractivity contribution in [3.05, 3.63) is 22.2 Å². The zero-order chi connectivity index (χ0) is 15.7. The van der Waals surface area contributed by atoms with Gasteiger partial charge in [-0.15, -0.1) is 0 Å². The molecule has 1 N–H and O–H groups in total. The lowest BCUT2D eigenvalue weighted by Gasteiger charge is -2.16. The van der Waals surface area contributed by atoms with Gasteiger partial charge >= 0.3 is 0 Å². The summed E-state index contributed by atoms with van der Waals surface area (Å²) < 4.78 is 12.6. The average molecular weight is 358 g/mol. The zero-order valence-electron chi connectivity index (χ0n) is 13.7. The largest absolute Gasteiger partial charge is 0.490 e. The molecule has 0 aliphatic heterocycles. The average Bonchev–Trinajstić information content (AvgIpc) is 2.43. The predicted molar refractivity (Wildman–Crippen MR) is 92.3 cm³/mol. The van der Waals surface area contributed by atoms with Gasteiger partial charge < -0.3 is 14.8 Å². The molecule has 0 aliphatic rings. The van der Waals surface area contributed by atoms with Crippen molar-refractivity contribution in [1.82, 2.24) is 5.32 Å². The highest BCUT2D eigenvalue weighted by Gasteiger charge is 2.12. The van der Waals surface area contributed by atoms with Gasteiger partial charge in [0.05, 0.1) is 17.7 Å². The highest BCUT2D eigenvalue weighted by atomic mass is 79.9. The van der Waals surface area contributed by atoms with Crippen molar-refractivity contribution < 1.29 is 9.47 Å². The Morgan fingerprint density at radius 2 is 1.95 bits per heavy atom. The molecule has 1 rings (SSSR count). The second kappa shape index (κ2) is 10.1. The fraction of sp³-hybridized carbons (Fsp3) is 0.647. The fourth-order valence-electron chi connectivity index (χ4n) is 2.06. The van der Waals surface area contributed by atoms with Crippen LogP contribution in [0.4, 0.5) is 0 Å². The maximum absolute atomic E-state index is 5.94. The number of hydrogen-bond acceptors (Lipinski definition) is 3.